The van der Waals surface area contributed by atoms with E-state index in [1.807, 2.05) is 0 Å². The van der Waals surface area contributed by atoms with Crippen LogP contribution in [0.3, 0.4) is 0 Å². The maximum absolute atomic E-state index is 11.8. The number of hydrogen-bond donors (Lipinski definition) is 2. The van der Waals surface area contributed by atoms with Crippen molar-refractivity contribution in [2.45, 2.75) is 12.5 Å². The predicted octanol–water partition coefficient (Wildman–Crippen LogP) is 0.430. The molecule has 6 heteroatoms. The first-order chi connectivity index (χ1) is 8.56. The largest absolute Gasteiger partial charge is 0.478 e. The van der Waals surface area contributed by atoms with Crippen molar-refractivity contribution in [3.63, 3.8) is 0 Å². The van der Waals surface area contributed by atoms with Crippen molar-refractivity contribution in [2.24, 2.45) is 0 Å². The number of rotatable bonds is 3. The van der Waals surface area contributed by atoms with Crippen molar-refractivity contribution in [1.82, 2.24) is 5.32 Å². The highest BCUT2D eigenvalue weighted by Gasteiger charge is 2.25. The van der Waals surface area contributed by atoms with Crippen molar-refractivity contribution in [1.29, 1.82) is 0 Å². The molecular weight excluding hydrogens is 238 g/mol. The van der Waals surface area contributed by atoms with Gasteiger partial charge < -0.3 is 15.2 Å². The van der Waals surface area contributed by atoms with E-state index >= 15 is 0 Å². The summed E-state index contributed by atoms with van der Waals surface area (Å²) >= 11 is 0. The third kappa shape index (κ3) is 2.65. The van der Waals surface area contributed by atoms with Crippen LogP contribution in [0.15, 0.2) is 24.3 Å². The van der Waals surface area contributed by atoms with E-state index in [4.69, 9.17) is 9.84 Å². The summed E-state index contributed by atoms with van der Waals surface area (Å²) < 4.78 is 4.72. The Labute approximate surface area is 103 Å². The summed E-state index contributed by atoms with van der Waals surface area (Å²) in [6.45, 7) is 0.178. The van der Waals surface area contributed by atoms with Gasteiger partial charge in [-0.1, -0.05) is 0 Å². The fourth-order valence-electron chi connectivity index (χ4n) is 1.64. The van der Waals surface area contributed by atoms with E-state index in [2.05, 4.69) is 5.32 Å². The zero-order chi connectivity index (χ0) is 13.1. The van der Waals surface area contributed by atoms with Crippen LogP contribution in [-0.2, 0) is 9.53 Å². The van der Waals surface area contributed by atoms with Crippen molar-refractivity contribution in [2.75, 3.05) is 6.61 Å². The van der Waals surface area contributed by atoms with Crippen molar-refractivity contribution >= 4 is 17.8 Å². The summed E-state index contributed by atoms with van der Waals surface area (Å²) in [5.74, 6) is -1.73. The molecule has 1 aromatic carbocycles. The second-order valence-corrected chi connectivity index (χ2v) is 3.94. The highest BCUT2D eigenvalue weighted by atomic mass is 16.5. The summed E-state index contributed by atoms with van der Waals surface area (Å²) in [6.07, 6.45) is 0.166. The minimum Gasteiger partial charge on any atom is -0.478 e. The lowest BCUT2D eigenvalue weighted by Crippen LogP contribution is -2.35. The number of hydrogen-bond acceptors (Lipinski definition) is 4. The van der Waals surface area contributed by atoms with Crippen LogP contribution >= 0.6 is 0 Å². The molecule has 0 spiro atoms. The molecule has 1 aromatic rings. The molecule has 0 radical (unpaired) electrons. The molecular formula is C12H11NO5. The lowest BCUT2D eigenvalue weighted by molar-refractivity contribution is -0.137. The average Bonchev–Trinajstić information content (AvgIpc) is 2.75. The topological polar surface area (TPSA) is 92.7 Å². The normalized spacial score (nSPS) is 18.2. The monoisotopic (exact) mass is 249 g/mol. The number of carbonyl (C=O) groups is 3. The molecule has 1 amide bonds. The Hall–Kier alpha value is -2.37. The third-order valence-electron chi connectivity index (χ3n) is 2.59. The van der Waals surface area contributed by atoms with E-state index in [1.165, 1.54) is 24.3 Å². The summed E-state index contributed by atoms with van der Waals surface area (Å²) in [5.41, 5.74) is 0.463. The molecule has 1 aliphatic heterocycles. The molecule has 0 aromatic heterocycles. The van der Waals surface area contributed by atoms with Crippen molar-refractivity contribution in [3.8, 4) is 0 Å². The molecule has 1 heterocycles. The maximum atomic E-state index is 11.8. The zero-order valence-corrected chi connectivity index (χ0v) is 9.38. The summed E-state index contributed by atoms with van der Waals surface area (Å²) in [7, 11) is 0. The van der Waals surface area contributed by atoms with Gasteiger partial charge in [-0.3, -0.25) is 9.59 Å². The minimum atomic E-state index is -1.04. The van der Waals surface area contributed by atoms with Crippen LogP contribution in [0.1, 0.15) is 27.1 Å². The first-order valence-electron chi connectivity index (χ1n) is 5.36. The molecule has 2 N–H and O–H groups in total. The second-order valence-electron chi connectivity index (χ2n) is 3.94. The molecule has 1 atom stereocenters. The van der Waals surface area contributed by atoms with E-state index in [0.29, 0.717) is 5.56 Å². The van der Waals surface area contributed by atoms with Crippen LogP contribution in [0.2, 0.25) is 0 Å². The second kappa shape index (κ2) is 4.87. The molecule has 94 valence electrons. The van der Waals surface area contributed by atoms with Gasteiger partial charge in [-0.25, -0.2) is 4.79 Å². The van der Waals surface area contributed by atoms with E-state index in [0.717, 1.165) is 0 Å². The Bertz CT molecular complexity index is 494. The van der Waals surface area contributed by atoms with Crippen LogP contribution in [0, 0.1) is 0 Å². The lowest BCUT2D eigenvalue weighted by Gasteiger charge is -2.09. The van der Waals surface area contributed by atoms with Crippen LogP contribution in [0.4, 0.5) is 0 Å². The number of carbonyl (C=O) groups excluding carboxylic acids is 2. The van der Waals surface area contributed by atoms with Gasteiger partial charge in [0.2, 0.25) is 0 Å². The number of carboxylic acids is 1. The summed E-state index contributed by atoms with van der Waals surface area (Å²) in [6, 6.07) is 5.25. The van der Waals surface area contributed by atoms with Crippen molar-refractivity contribution < 1.29 is 24.2 Å². The first kappa shape index (κ1) is 12.1. The molecule has 0 aliphatic carbocycles. The van der Waals surface area contributed by atoms with Crippen LogP contribution in [0.25, 0.3) is 0 Å². The van der Waals surface area contributed by atoms with Gasteiger partial charge in [-0.2, -0.15) is 0 Å². The number of benzene rings is 1. The maximum Gasteiger partial charge on any atom is 0.335 e. The van der Waals surface area contributed by atoms with Crippen LogP contribution in [-0.4, -0.2) is 35.6 Å². The Morgan fingerprint density at radius 3 is 2.33 bits per heavy atom. The predicted molar refractivity (Wildman–Crippen MR) is 60.2 cm³/mol. The number of amides is 1. The smallest absolute Gasteiger partial charge is 0.335 e. The first-order valence-corrected chi connectivity index (χ1v) is 5.36. The Balaban J connectivity index is 2.00. The molecule has 18 heavy (non-hydrogen) atoms. The molecule has 0 saturated carbocycles. The summed E-state index contributed by atoms with van der Waals surface area (Å²) in [4.78, 5) is 33.3. The number of aromatic carboxylic acids is 1. The van der Waals surface area contributed by atoms with Crippen LogP contribution in [0.5, 0.6) is 0 Å². The van der Waals surface area contributed by atoms with Gasteiger partial charge in [0.15, 0.2) is 0 Å². The van der Waals surface area contributed by atoms with Gasteiger partial charge in [0.1, 0.15) is 6.61 Å². The van der Waals surface area contributed by atoms with E-state index < -0.39 is 5.97 Å². The zero-order valence-electron chi connectivity index (χ0n) is 9.38. The number of carboxylic acid groups (broad SMARTS) is 1. The van der Waals surface area contributed by atoms with Gasteiger partial charge in [0.25, 0.3) is 5.91 Å². The van der Waals surface area contributed by atoms with Crippen LogP contribution < -0.4 is 5.32 Å². The highest BCUT2D eigenvalue weighted by molar-refractivity contribution is 5.96. The molecule has 0 bridgehead atoms. The fourth-order valence-corrected chi connectivity index (χ4v) is 1.64. The van der Waals surface area contributed by atoms with Gasteiger partial charge in [0, 0.05) is 5.56 Å². The average molecular weight is 249 g/mol. The lowest BCUT2D eigenvalue weighted by atomic mass is 10.1. The summed E-state index contributed by atoms with van der Waals surface area (Å²) in [5, 5.41) is 11.4. The molecule has 0 unspecified atom stereocenters. The number of ether oxygens (including phenoxy) is 1. The van der Waals surface area contributed by atoms with Crippen molar-refractivity contribution in [3.05, 3.63) is 35.4 Å². The molecule has 1 fully saturated rings. The van der Waals surface area contributed by atoms with E-state index in [-0.39, 0.29) is 36.5 Å². The Kier molecular flexibility index (Phi) is 3.27. The van der Waals surface area contributed by atoms with Gasteiger partial charge >= 0.3 is 11.9 Å². The number of cyclic esters (lactones) is 1. The molecule has 2 rings (SSSR count). The molecule has 1 aliphatic rings. The minimum absolute atomic E-state index is 0.117. The fraction of sp³-hybridized carbons (Fsp3) is 0.250. The molecule has 6 nitrogen and oxygen atoms in total. The van der Waals surface area contributed by atoms with Gasteiger partial charge in [-0.05, 0) is 24.3 Å². The van der Waals surface area contributed by atoms with Gasteiger partial charge in [0.05, 0.1) is 18.0 Å². The third-order valence-corrected chi connectivity index (χ3v) is 2.59. The SMILES string of the molecule is O=C1C[C@H](NC(=O)c2ccc(C(=O)O)cc2)CO1. The number of nitrogens with one attached hydrogen (secondary N) is 1. The van der Waals surface area contributed by atoms with Gasteiger partial charge in [-0.15, -0.1) is 0 Å². The highest BCUT2D eigenvalue weighted by Crippen LogP contribution is 2.08. The van der Waals surface area contributed by atoms with E-state index in [1.54, 1.807) is 0 Å². The molecule has 1 saturated heterocycles. The quantitative estimate of drug-likeness (QED) is 0.758. The van der Waals surface area contributed by atoms with E-state index in [9.17, 15) is 14.4 Å². The standard InChI is InChI=1S/C12H11NO5/c14-10-5-9(6-18-10)13-11(15)7-1-3-8(4-2-7)12(16)17/h1-4,9H,5-6H2,(H,13,15)(H,16,17)/t9-/m0/s1. The number of esters is 1. The Morgan fingerprint density at radius 2 is 1.83 bits per heavy atom. The Morgan fingerprint density at radius 1 is 1.22 bits per heavy atom.